The van der Waals surface area contributed by atoms with Crippen LogP contribution in [0.5, 0.6) is 0 Å². The number of aliphatic hydroxyl groups is 1. The van der Waals surface area contributed by atoms with E-state index in [1.54, 1.807) is 11.3 Å². The minimum absolute atomic E-state index is 0.107. The molecule has 0 aliphatic carbocycles. The zero-order chi connectivity index (χ0) is 13.2. The number of nitrogens with zero attached hydrogens (tertiary/aromatic N) is 2. The molecule has 1 aliphatic heterocycles. The van der Waals surface area contributed by atoms with Gasteiger partial charge >= 0.3 is 0 Å². The molecule has 0 bridgehead atoms. The number of hydrogen-bond acceptors (Lipinski definition) is 5. The van der Waals surface area contributed by atoms with Crippen LogP contribution in [0.15, 0.2) is 5.38 Å². The molecule has 1 fully saturated rings. The summed E-state index contributed by atoms with van der Waals surface area (Å²) >= 11 is 1.71. The minimum Gasteiger partial charge on any atom is -0.395 e. The van der Waals surface area contributed by atoms with Crippen LogP contribution in [-0.2, 0) is 16.7 Å². The van der Waals surface area contributed by atoms with Crippen molar-refractivity contribution in [3.8, 4) is 0 Å². The smallest absolute Gasteiger partial charge is 0.107 e. The Morgan fingerprint density at radius 3 is 2.94 bits per heavy atom. The summed E-state index contributed by atoms with van der Waals surface area (Å²) in [6.45, 7) is 9.73. The third-order valence-corrected chi connectivity index (χ3v) is 4.05. The normalized spacial score (nSPS) is 22.3. The van der Waals surface area contributed by atoms with Crippen LogP contribution in [0.1, 0.15) is 31.5 Å². The van der Waals surface area contributed by atoms with Gasteiger partial charge in [0.25, 0.3) is 0 Å². The number of morpholine rings is 1. The van der Waals surface area contributed by atoms with Crippen molar-refractivity contribution >= 4 is 11.3 Å². The van der Waals surface area contributed by atoms with Crippen LogP contribution in [0.25, 0.3) is 0 Å². The van der Waals surface area contributed by atoms with Crippen LogP contribution in [-0.4, -0.2) is 47.4 Å². The summed E-state index contributed by atoms with van der Waals surface area (Å²) in [5.41, 5.74) is 1.26. The van der Waals surface area contributed by atoms with E-state index < -0.39 is 0 Å². The van der Waals surface area contributed by atoms with Crippen molar-refractivity contribution in [1.82, 2.24) is 9.88 Å². The number of thiazole rings is 1. The molecule has 1 atom stereocenters. The average molecular weight is 270 g/mol. The highest BCUT2D eigenvalue weighted by Crippen LogP contribution is 2.25. The highest BCUT2D eigenvalue weighted by atomic mass is 32.1. The molecule has 1 aliphatic rings. The van der Waals surface area contributed by atoms with Crippen LogP contribution in [0.3, 0.4) is 0 Å². The summed E-state index contributed by atoms with van der Waals surface area (Å²) in [6.07, 6.45) is 0. The molecule has 1 N–H and O–H groups in total. The van der Waals surface area contributed by atoms with Crippen LogP contribution in [0.4, 0.5) is 0 Å². The first-order chi connectivity index (χ1) is 8.50. The van der Waals surface area contributed by atoms with Crippen molar-refractivity contribution in [2.24, 2.45) is 0 Å². The Morgan fingerprint density at radius 1 is 1.56 bits per heavy atom. The molecule has 0 saturated carbocycles. The minimum atomic E-state index is 0.107. The number of rotatable bonds is 3. The van der Waals surface area contributed by atoms with Crippen molar-refractivity contribution in [3.05, 3.63) is 16.1 Å². The SMILES string of the molecule is CC(C)(C)c1csc(CN2CCOCC2CO)n1. The van der Waals surface area contributed by atoms with E-state index in [0.29, 0.717) is 6.61 Å². The van der Waals surface area contributed by atoms with Gasteiger partial charge in [-0.25, -0.2) is 4.98 Å². The third-order valence-electron chi connectivity index (χ3n) is 3.22. The summed E-state index contributed by atoms with van der Waals surface area (Å²) in [6, 6.07) is 0.112. The number of hydrogen-bond donors (Lipinski definition) is 1. The van der Waals surface area contributed by atoms with Gasteiger partial charge in [0.2, 0.25) is 0 Å². The lowest BCUT2D eigenvalue weighted by atomic mass is 9.93. The van der Waals surface area contributed by atoms with E-state index in [2.05, 4.69) is 31.1 Å². The van der Waals surface area contributed by atoms with Crippen molar-refractivity contribution in [3.63, 3.8) is 0 Å². The average Bonchev–Trinajstić information content (AvgIpc) is 2.78. The van der Waals surface area contributed by atoms with E-state index in [1.807, 2.05) is 0 Å². The molecule has 2 rings (SSSR count). The molecule has 0 aromatic carbocycles. The number of aromatic nitrogens is 1. The summed E-state index contributed by atoms with van der Waals surface area (Å²) in [5, 5.41) is 12.6. The molecule has 0 radical (unpaired) electrons. The van der Waals surface area contributed by atoms with Gasteiger partial charge in [-0.1, -0.05) is 20.8 Å². The maximum Gasteiger partial charge on any atom is 0.107 e. The fourth-order valence-electron chi connectivity index (χ4n) is 1.97. The van der Waals surface area contributed by atoms with Crippen molar-refractivity contribution in [2.75, 3.05) is 26.4 Å². The molecule has 1 aromatic rings. The zero-order valence-electron chi connectivity index (χ0n) is 11.3. The van der Waals surface area contributed by atoms with Crippen LogP contribution >= 0.6 is 11.3 Å². The maximum atomic E-state index is 9.34. The van der Waals surface area contributed by atoms with Gasteiger partial charge in [-0.3, -0.25) is 4.90 Å². The second-order valence-corrected chi connectivity index (χ2v) is 6.70. The quantitative estimate of drug-likeness (QED) is 0.907. The Morgan fingerprint density at radius 2 is 2.33 bits per heavy atom. The van der Waals surface area contributed by atoms with E-state index in [9.17, 15) is 5.11 Å². The van der Waals surface area contributed by atoms with E-state index >= 15 is 0 Å². The van der Waals surface area contributed by atoms with Gasteiger partial charge in [-0.15, -0.1) is 11.3 Å². The fourth-order valence-corrected chi connectivity index (χ4v) is 3.01. The van der Waals surface area contributed by atoms with E-state index in [4.69, 9.17) is 9.72 Å². The first kappa shape index (κ1) is 13.9. The topological polar surface area (TPSA) is 45.6 Å². The molecule has 1 unspecified atom stereocenters. The third kappa shape index (κ3) is 3.29. The second kappa shape index (κ2) is 5.65. The van der Waals surface area contributed by atoms with Gasteiger partial charge in [0.1, 0.15) is 5.01 Å². The molecule has 102 valence electrons. The number of aliphatic hydroxyl groups excluding tert-OH is 1. The summed E-state index contributed by atoms with van der Waals surface area (Å²) in [4.78, 5) is 6.96. The van der Waals surface area contributed by atoms with E-state index in [0.717, 1.165) is 30.4 Å². The summed E-state index contributed by atoms with van der Waals surface area (Å²) in [7, 11) is 0. The van der Waals surface area contributed by atoms with Crippen LogP contribution in [0, 0.1) is 0 Å². The van der Waals surface area contributed by atoms with E-state index in [-0.39, 0.29) is 18.1 Å². The Labute approximate surface area is 113 Å². The second-order valence-electron chi connectivity index (χ2n) is 5.76. The molecule has 1 aromatic heterocycles. The van der Waals surface area contributed by atoms with E-state index in [1.165, 1.54) is 0 Å². The Kier molecular flexibility index (Phi) is 4.37. The van der Waals surface area contributed by atoms with Crippen molar-refractivity contribution in [2.45, 2.75) is 38.8 Å². The Balaban J connectivity index is 2.02. The highest BCUT2D eigenvalue weighted by Gasteiger charge is 2.24. The van der Waals surface area contributed by atoms with Crippen molar-refractivity contribution < 1.29 is 9.84 Å². The first-order valence-corrected chi connectivity index (χ1v) is 7.26. The summed E-state index contributed by atoms with van der Waals surface area (Å²) in [5.74, 6) is 0. The van der Waals surface area contributed by atoms with Gasteiger partial charge in [-0.2, -0.15) is 0 Å². The lowest BCUT2D eigenvalue weighted by Crippen LogP contribution is -2.46. The number of ether oxygens (including phenoxy) is 1. The maximum absolute atomic E-state index is 9.34. The molecule has 5 heteroatoms. The van der Waals surface area contributed by atoms with Gasteiger partial charge in [0.15, 0.2) is 0 Å². The van der Waals surface area contributed by atoms with Gasteiger partial charge in [0, 0.05) is 17.3 Å². The molecular formula is C13H22N2O2S. The predicted octanol–water partition coefficient (Wildman–Crippen LogP) is 1.63. The van der Waals surface area contributed by atoms with Gasteiger partial charge in [0.05, 0.1) is 38.1 Å². The standard InChI is InChI=1S/C13H22N2O2S/c1-13(2,3)11-9-18-12(14-11)6-15-4-5-17-8-10(15)7-16/h9-10,16H,4-8H2,1-3H3. The Bertz CT molecular complexity index is 387. The molecule has 0 spiro atoms. The molecule has 18 heavy (non-hydrogen) atoms. The molecule has 4 nitrogen and oxygen atoms in total. The largest absolute Gasteiger partial charge is 0.395 e. The van der Waals surface area contributed by atoms with Gasteiger partial charge < -0.3 is 9.84 Å². The lowest BCUT2D eigenvalue weighted by molar-refractivity contribution is -0.0313. The molecule has 1 saturated heterocycles. The first-order valence-electron chi connectivity index (χ1n) is 6.38. The zero-order valence-corrected chi connectivity index (χ0v) is 12.2. The highest BCUT2D eigenvalue weighted by molar-refractivity contribution is 7.09. The van der Waals surface area contributed by atoms with Crippen molar-refractivity contribution in [1.29, 1.82) is 0 Å². The van der Waals surface area contributed by atoms with Crippen LogP contribution in [0.2, 0.25) is 0 Å². The molecular weight excluding hydrogens is 248 g/mol. The lowest BCUT2D eigenvalue weighted by Gasteiger charge is -2.33. The molecule has 2 heterocycles. The molecule has 0 amide bonds. The fraction of sp³-hybridized carbons (Fsp3) is 0.769. The monoisotopic (exact) mass is 270 g/mol. The van der Waals surface area contributed by atoms with Gasteiger partial charge in [-0.05, 0) is 0 Å². The Hall–Kier alpha value is -0.490. The predicted molar refractivity (Wildman–Crippen MR) is 72.9 cm³/mol. The van der Waals surface area contributed by atoms with Crippen LogP contribution < -0.4 is 0 Å². The summed E-state index contributed by atoms with van der Waals surface area (Å²) < 4.78 is 5.38.